The van der Waals surface area contributed by atoms with Gasteiger partial charge >= 0.3 is 0 Å². The number of methoxy groups -OCH3 is 1. The van der Waals surface area contributed by atoms with Crippen molar-refractivity contribution < 1.29 is 9.53 Å². The second kappa shape index (κ2) is 14.1. The zero-order valence-corrected chi connectivity index (χ0v) is 25.4. The predicted molar refractivity (Wildman–Crippen MR) is 164 cm³/mol. The van der Waals surface area contributed by atoms with Crippen LogP contribution < -0.4 is 4.74 Å². The highest BCUT2D eigenvalue weighted by atomic mass is 35.5. The summed E-state index contributed by atoms with van der Waals surface area (Å²) in [5.41, 5.74) is 3.73. The Morgan fingerprint density at radius 3 is 2.40 bits per heavy atom. The molecule has 1 aromatic carbocycles. The summed E-state index contributed by atoms with van der Waals surface area (Å²) in [4.78, 5) is 18.2. The van der Waals surface area contributed by atoms with Crippen LogP contribution in [0.2, 0.25) is 5.02 Å². The third-order valence-electron chi connectivity index (χ3n) is 7.50. The van der Waals surface area contributed by atoms with Crippen LogP contribution in [0.3, 0.4) is 0 Å². The molecule has 0 spiro atoms. The zero-order valence-electron chi connectivity index (χ0n) is 24.7. The summed E-state index contributed by atoms with van der Waals surface area (Å²) in [6.07, 6.45) is 7.55. The van der Waals surface area contributed by atoms with Gasteiger partial charge in [0.25, 0.3) is 5.91 Å². The van der Waals surface area contributed by atoms with E-state index in [1.165, 1.54) is 19.3 Å². The molecule has 0 N–H and O–H groups in total. The average molecular weight is 563 g/mol. The quantitative estimate of drug-likeness (QED) is 0.249. The van der Waals surface area contributed by atoms with Gasteiger partial charge in [-0.25, -0.2) is 4.52 Å². The Morgan fingerprint density at radius 2 is 1.75 bits per heavy atom. The van der Waals surface area contributed by atoms with Crippen LogP contribution in [-0.2, 0) is 0 Å². The third-order valence-corrected chi connectivity index (χ3v) is 7.74. The number of nitrogens with zero attached hydrogens (tertiary/aromatic N) is 4. The molecule has 7 heteroatoms. The van der Waals surface area contributed by atoms with Crippen molar-refractivity contribution in [2.24, 2.45) is 11.8 Å². The smallest absolute Gasteiger partial charge is 0.253 e. The minimum absolute atomic E-state index is 0.0547. The van der Waals surface area contributed by atoms with Crippen LogP contribution in [0.1, 0.15) is 75.7 Å². The number of ether oxygens (including phenoxy) is 1. The van der Waals surface area contributed by atoms with Crippen LogP contribution in [0.4, 0.5) is 0 Å². The van der Waals surface area contributed by atoms with E-state index in [2.05, 4.69) is 44.4 Å². The predicted octanol–water partition coefficient (Wildman–Crippen LogP) is 7.04. The topological polar surface area (TPSA) is 50.1 Å². The number of fused-ring (bicyclic) bond motifs is 1. The molecule has 214 valence electrons. The summed E-state index contributed by atoms with van der Waals surface area (Å²) in [7, 11) is 1.64. The lowest BCUT2D eigenvalue weighted by Gasteiger charge is -2.24. The van der Waals surface area contributed by atoms with Crippen molar-refractivity contribution in [1.29, 1.82) is 0 Å². The Kier molecular flexibility index (Phi) is 10.5. The number of piperidine rings is 1. The first-order valence-electron chi connectivity index (χ1n) is 14.6. The van der Waals surface area contributed by atoms with E-state index in [9.17, 15) is 4.79 Å². The van der Waals surface area contributed by atoms with Gasteiger partial charge in [0.15, 0.2) is 0 Å². The molecule has 0 unspecified atom stereocenters. The number of benzene rings is 1. The largest absolute Gasteiger partial charge is 0.496 e. The molecule has 4 rings (SSSR count). The van der Waals surface area contributed by atoms with Gasteiger partial charge in [-0.3, -0.25) is 9.69 Å². The molecule has 40 heavy (non-hydrogen) atoms. The lowest BCUT2D eigenvalue weighted by molar-refractivity contribution is 0.0741. The second-order valence-electron chi connectivity index (χ2n) is 11.6. The number of carbonyl (C=O) groups excluding carboxylic acids is 1. The lowest BCUT2D eigenvalue weighted by atomic mass is 10.0. The molecular formula is C33H43ClN4O2. The van der Waals surface area contributed by atoms with Crippen molar-refractivity contribution in [2.75, 3.05) is 39.8 Å². The standard InChI is InChI=1S/C33H43ClN4O2/c1-24(2)13-19-37(20-14-25(3)4)33(39)26-15-21-38-30(22-26)28(10-9-18-36-16-7-6-8-17-36)32(35-38)29-23-27(34)11-12-31(29)40-5/h11-12,15,21-25H,6-8,13-14,16-20H2,1-5H3. The first-order valence-corrected chi connectivity index (χ1v) is 15.0. The minimum atomic E-state index is 0.0547. The molecule has 0 bridgehead atoms. The van der Waals surface area contributed by atoms with Gasteiger partial charge in [-0.05, 0) is 80.9 Å². The highest BCUT2D eigenvalue weighted by Gasteiger charge is 2.21. The van der Waals surface area contributed by atoms with Crippen molar-refractivity contribution >= 4 is 23.0 Å². The van der Waals surface area contributed by atoms with Gasteiger partial charge in [0.2, 0.25) is 0 Å². The summed E-state index contributed by atoms with van der Waals surface area (Å²) < 4.78 is 7.48. The van der Waals surface area contributed by atoms with E-state index < -0.39 is 0 Å². The number of halogens is 1. The van der Waals surface area contributed by atoms with Crippen LogP contribution in [0.15, 0.2) is 36.5 Å². The number of likely N-dealkylation sites (tertiary alicyclic amines) is 1. The third kappa shape index (κ3) is 7.59. The van der Waals surface area contributed by atoms with Crippen molar-refractivity contribution in [3.63, 3.8) is 0 Å². The van der Waals surface area contributed by atoms with E-state index in [-0.39, 0.29) is 5.91 Å². The summed E-state index contributed by atoms with van der Waals surface area (Å²) in [5.74, 6) is 8.63. The van der Waals surface area contributed by atoms with Crippen molar-refractivity contribution in [3.8, 4) is 28.8 Å². The Bertz CT molecular complexity index is 1350. The molecule has 6 nitrogen and oxygen atoms in total. The molecule has 0 radical (unpaired) electrons. The number of aromatic nitrogens is 2. The van der Waals surface area contributed by atoms with E-state index in [4.69, 9.17) is 21.4 Å². The number of hydrogen-bond donors (Lipinski definition) is 0. The fourth-order valence-corrected chi connectivity index (χ4v) is 5.21. The van der Waals surface area contributed by atoms with Crippen molar-refractivity contribution in [3.05, 3.63) is 52.7 Å². The van der Waals surface area contributed by atoms with Gasteiger partial charge in [0.1, 0.15) is 11.4 Å². The maximum absolute atomic E-state index is 13.8. The molecule has 1 saturated heterocycles. The van der Waals surface area contributed by atoms with E-state index in [0.29, 0.717) is 40.4 Å². The summed E-state index contributed by atoms with van der Waals surface area (Å²) in [5, 5.41) is 5.50. The summed E-state index contributed by atoms with van der Waals surface area (Å²) >= 11 is 6.40. The molecule has 2 aromatic heterocycles. The molecular weight excluding hydrogens is 520 g/mol. The Morgan fingerprint density at radius 1 is 1.05 bits per heavy atom. The highest BCUT2D eigenvalue weighted by Crippen LogP contribution is 2.35. The molecule has 1 aliphatic heterocycles. The van der Waals surface area contributed by atoms with E-state index in [1.807, 2.05) is 39.9 Å². The van der Waals surface area contributed by atoms with Crippen LogP contribution in [0.25, 0.3) is 16.8 Å². The first kappa shape index (κ1) is 30.0. The number of hydrogen-bond acceptors (Lipinski definition) is 4. The van der Waals surface area contributed by atoms with Gasteiger partial charge in [0.05, 0.1) is 24.7 Å². The number of rotatable bonds is 10. The molecule has 3 heterocycles. The molecule has 1 fully saturated rings. The van der Waals surface area contributed by atoms with Crippen LogP contribution in [-0.4, -0.2) is 65.2 Å². The molecule has 0 atom stereocenters. The Balaban J connectivity index is 1.76. The average Bonchev–Trinajstić information content (AvgIpc) is 3.30. The van der Waals surface area contributed by atoms with Gasteiger partial charge in [-0.1, -0.05) is 57.6 Å². The molecule has 0 saturated carbocycles. The normalized spacial score (nSPS) is 14.0. The Hall–Kier alpha value is -3.01. The van der Waals surface area contributed by atoms with E-state index >= 15 is 0 Å². The SMILES string of the molecule is COc1ccc(Cl)cc1-c1nn2ccc(C(=O)N(CCC(C)C)CCC(C)C)cc2c1C#CCN1CCCCC1. The Labute approximate surface area is 244 Å². The van der Waals surface area contributed by atoms with Gasteiger partial charge in [-0.15, -0.1) is 0 Å². The van der Waals surface area contributed by atoms with Crippen LogP contribution in [0.5, 0.6) is 5.75 Å². The van der Waals surface area contributed by atoms with E-state index in [0.717, 1.165) is 55.7 Å². The molecule has 0 aliphatic carbocycles. The van der Waals surface area contributed by atoms with E-state index in [1.54, 1.807) is 13.2 Å². The molecule has 1 aliphatic rings. The fraction of sp³-hybridized carbons (Fsp3) is 0.515. The van der Waals surface area contributed by atoms with Crippen LogP contribution in [0, 0.1) is 23.7 Å². The molecule has 3 aromatic rings. The first-order chi connectivity index (χ1) is 19.3. The van der Waals surface area contributed by atoms with Crippen molar-refractivity contribution in [1.82, 2.24) is 19.4 Å². The maximum Gasteiger partial charge on any atom is 0.253 e. The molecule has 1 amide bonds. The second-order valence-corrected chi connectivity index (χ2v) is 12.0. The fourth-order valence-electron chi connectivity index (χ4n) is 5.04. The van der Waals surface area contributed by atoms with Gasteiger partial charge in [-0.2, -0.15) is 5.10 Å². The van der Waals surface area contributed by atoms with Gasteiger partial charge < -0.3 is 9.64 Å². The van der Waals surface area contributed by atoms with Gasteiger partial charge in [0, 0.05) is 35.4 Å². The number of amides is 1. The summed E-state index contributed by atoms with van der Waals surface area (Å²) in [6.45, 7) is 13.2. The lowest BCUT2D eigenvalue weighted by Crippen LogP contribution is -2.34. The monoisotopic (exact) mass is 562 g/mol. The van der Waals surface area contributed by atoms with Crippen molar-refractivity contribution in [2.45, 2.75) is 59.8 Å². The number of pyridine rings is 1. The number of carbonyl (C=O) groups is 1. The van der Waals surface area contributed by atoms with Crippen LogP contribution >= 0.6 is 11.6 Å². The minimum Gasteiger partial charge on any atom is -0.496 e. The highest BCUT2D eigenvalue weighted by molar-refractivity contribution is 6.31. The summed E-state index contributed by atoms with van der Waals surface area (Å²) in [6, 6.07) is 9.33. The zero-order chi connectivity index (χ0) is 28.6. The maximum atomic E-state index is 13.8.